The minimum atomic E-state index is -1.02. The van der Waals surface area contributed by atoms with Crippen molar-refractivity contribution in [2.24, 2.45) is 0 Å². The van der Waals surface area contributed by atoms with E-state index in [1.165, 1.54) is 5.56 Å². The van der Waals surface area contributed by atoms with Crippen LogP contribution in [0.5, 0.6) is 5.75 Å². The lowest BCUT2D eigenvalue weighted by Crippen LogP contribution is -2.09. The Morgan fingerprint density at radius 3 is 2.69 bits per heavy atom. The molecular formula is C21H22O5. The summed E-state index contributed by atoms with van der Waals surface area (Å²) in [5.74, 6) is -0.251. The minimum Gasteiger partial charge on any atom is -0.479 e. The molecule has 2 aromatic carbocycles. The van der Waals surface area contributed by atoms with Crippen LogP contribution in [0.4, 0.5) is 0 Å². The Morgan fingerprint density at radius 1 is 1.15 bits per heavy atom. The first-order chi connectivity index (χ1) is 12.7. The van der Waals surface area contributed by atoms with Crippen molar-refractivity contribution >= 4 is 16.9 Å². The molecule has 5 nitrogen and oxygen atoms in total. The number of carbonyl (C=O) groups is 1. The Morgan fingerprint density at radius 2 is 1.96 bits per heavy atom. The van der Waals surface area contributed by atoms with Gasteiger partial charge in [-0.15, -0.1) is 0 Å². The average molecular weight is 354 g/mol. The van der Waals surface area contributed by atoms with Gasteiger partial charge in [0.1, 0.15) is 0 Å². The van der Waals surface area contributed by atoms with Crippen LogP contribution in [-0.2, 0) is 16.1 Å². The molecule has 136 valence electrons. The van der Waals surface area contributed by atoms with Crippen molar-refractivity contribution in [2.45, 2.75) is 25.9 Å². The van der Waals surface area contributed by atoms with E-state index in [2.05, 4.69) is 19.1 Å². The predicted octanol–water partition coefficient (Wildman–Crippen LogP) is 4.61. The summed E-state index contributed by atoms with van der Waals surface area (Å²) in [7, 11) is 0. The van der Waals surface area contributed by atoms with Gasteiger partial charge in [-0.25, -0.2) is 4.79 Å². The lowest BCUT2D eigenvalue weighted by Gasteiger charge is -2.15. The number of ether oxygens (including phenoxy) is 2. The number of para-hydroxylation sites is 1. The molecule has 0 bridgehead atoms. The van der Waals surface area contributed by atoms with Gasteiger partial charge in [0.2, 0.25) is 0 Å². The van der Waals surface area contributed by atoms with E-state index < -0.39 is 12.6 Å². The van der Waals surface area contributed by atoms with Crippen LogP contribution < -0.4 is 4.74 Å². The van der Waals surface area contributed by atoms with Crippen LogP contribution in [0.1, 0.15) is 30.4 Å². The second-order valence-electron chi connectivity index (χ2n) is 6.11. The quantitative estimate of drug-likeness (QED) is 0.608. The normalized spacial score (nSPS) is 12.2. The van der Waals surface area contributed by atoms with Crippen LogP contribution in [-0.4, -0.2) is 24.3 Å². The van der Waals surface area contributed by atoms with Gasteiger partial charge in [-0.1, -0.05) is 49.4 Å². The zero-order valence-electron chi connectivity index (χ0n) is 14.7. The summed E-state index contributed by atoms with van der Waals surface area (Å²) in [5, 5.41) is 9.64. The molecule has 0 aliphatic rings. The molecule has 3 rings (SSSR count). The van der Waals surface area contributed by atoms with Crippen LogP contribution >= 0.6 is 0 Å². The molecule has 1 unspecified atom stereocenters. The van der Waals surface area contributed by atoms with Crippen molar-refractivity contribution in [3.8, 4) is 5.75 Å². The molecule has 0 radical (unpaired) electrons. The van der Waals surface area contributed by atoms with Gasteiger partial charge in [0.05, 0.1) is 19.5 Å². The standard InChI is InChI=1S/C21H22O5/c1-2-15(16-7-4-3-5-8-16)11-24-12-17-13-26-21-18(17)9-6-10-19(21)25-14-20(22)23/h3-10,13,15H,2,11-12,14H2,1H3,(H,22,23). The third kappa shape index (κ3) is 4.24. The average Bonchev–Trinajstić information content (AvgIpc) is 3.08. The lowest BCUT2D eigenvalue weighted by molar-refractivity contribution is -0.139. The number of hydrogen-bond donors (Lipinski definition) is 1. The molecule has 5 heteroatoms. The van der Waals surface area contributed by atoms with Gasteiger partial charge in [-0.2, -0.15) is 0 Å². The van der Waals surface area contributed by atoms with Crippen molar-refractivity contribution in [3.05, 3.63) is 65.9 Å². The van der Waals surface area contributed by atoms with Crippen molar-refractivity contribution in [1.82, 2.24) is 0 Å². The third-order valence-electron chi connectivity index (χ3n) is 4.34. The van der Waals surface area contributed by atoms with E-state index in [1.807, 2.05) is 30.3 Å². The highest BCUT2D eigenvalue weighted by atomic mass is 16.5. The van der Waals surface area contributed by atoms with E-state index in [4.69, 9.17) is 19.0 Å². The molecule has 1 aromatic heterocycles. The lowest BCUT2D eigenvalue weighted by atomic mass is 9.98. The number of carboxylic acid groups (broad SMARTS) is 1. The maximum atomic E-state index is 10.7. The Labute approximate surface area is 152 Å². The van der Waals surface area contributed by atoms with Crippen LogP contribution in [0.15, 0.2) is 59.2 Å². The molecule has 3 aromatic rings. The fourth-order valence-electron chi connectivity index (χ4n) is 2.93. The number of rotatable bonds is 9. The summed E-state index contributed by atoms with van der Waals surface area (Å²) >= 11 is 0. The largest absolute Gasteiger partial charge is 0.479 e. The van der Waals surface area contributed by atoms with Crippen LogP contribution in [0, 0.1) is 0 Å². The number of aliphatic carboxylic acids is 1. The van der Waals surface area contributed by atoms with E-state index in [-0.39, 0.29) is 0 Å². The van der Waals surface area contributed by atoms with E-state index in [0.29, 0.717) is 30.5 Å². The number of fused-ring (bicyclic) bond motifs is 1. The summed E-state index contributed by atoms with van der Waals surface area (Å²) in [6, 6.07) is 15.8. The van der Waals surface area contributed by atoms with Crippen molar-refractivity contribution in [2.75, 3.05) is 13.2 Å². The summed E-state index contributed by atoms with van der Waals surface area (Å²) in [6.07, 6.45) is 2.64. The number of benzene rings is 2. The molecule has 1 atom stereocenters. The molecule has 0 spiro atoms. The zero-order chi connectivity index (χ0) is 18.4. The molecule has 26 heavy (non-hydrogen) atoms. The maximum Gasteiger partial charge on any atom is 0.341 e. The molecule has 0 fully saturated rings. The Balaban J connectivity index is 1.66. The summed E-state index contributed by atoms with van der Waals surface area (Å²) < 4.78 is 16.8. The minimum absolute atomic E-state index is 0.351. The van der Waals surface area contributed by atoms with Crippen LogP contribution in [0.25, 0.3) is 11.0 Å². The third-order valence-corrected chi connectivity index (χ3v) is 4.34. The van der Waals surface area contributed by atoms with E-state index in [9.17, 15) is 4.79 Å². The zero-order valence-corrected chi connectivity index (χ0v) is 14.7. The van der Waals surface area contributed by atoms with Crippen molar-refractivity contribution < 1.29 is 23.8 Å². The summed E-state index contributed by atoms with van der Waals surface area (Å²) in [6.45, 7) is 2.81. The van der Waals surface area contributed by atoms with E-state index in [1.54, 1.807) is 12.3 Å². The molecular weight excluding hydrogens is 332 g/mol. The predicted molar refractivity (Wildman–Crippen MR) is 98.5 cm³/mol. The molecule has 1 heterocycles. The van der Waals surface area contributed by atoms with E-state index >= 15 is 0 Å². The first-order valence-electron chi connectivity index (χ1n) is 8.65. The second kappa shape index (κ2) is 8.54. The molecule has 1 N–H and O–H groups in total. The Bertz CT molecular complexity index is 853. The summed E-state index contributed by atoms with van der Waals surface area (Å²) in [4.78, 5) is 10.7. The van der Waals surface area contributed by atoms with Gasteiger partial charge in [-0.05, 0) is 18.1 Å². The number of hydrogen-bond acceptors (Lipinski definition) is 4. The highest BCUT2D eigenvalue weighted by Crippen LogP contribution is 2.30. The highest BCUT2D eigenvalue weighted by Gasteiger charge is 2.13. The van der Waals surface area contributed by atoms with E-state index in [0.717, 1.165) is 17.4 Å². The fourth-order valence-corrected chi connectivity index (χ4v) is 2.93. The highest BCUT2D eigenvalue weighted by molar-refractivity contribution is 5.86. The molecule has 0 saturated carbocycles. The fraction of sp³-hybridized carbons (Fsp3) is 0.286. The number of furan rings is 1. The van der Waals surface area contributed by atoms with Gasteiger partial charge in [-0.3, -0.25) is 0 Å². The van der Waals surface area contributed by atoms with Gasteiger partial charge < -0.3 is 19.0 Å². The monoisotopic (exact) mass is 354 g/mol. The molecule has 0 saturated heterocycles. The first kappa shape index (κ1) is 18.0. The second-order valence-corrected chi connectivity index (χ2v) is 6.11. The van der Waals surface area contributed by atoms with Gasteiger partial charge in [0, 0.05) is 16.9 Å². The smallest absolute Gasteiger partial charge is 0.341 e. The maximum absolute atomic E-state index is 10.7. The topological polar surface area (TPSA) is 68.9 Å². The molecule has 0 aliphatic carbocycles. The Hall–Kier alpha value is -2.79. The SMILES string of the molecule is CCC(COCc1coc2c(OCC(=O)O)cccc12)c1ccccc1. The summed E-state index contributed by atoms with van der Waals surface area (Å²) in [5.41, 5.74) is 2.74. The molecule has 0 aliphatic heterocycles. The van der Waals surface area contributed by atoms with Gasteiger partial charge >= 0.3 is 5.97 Å². The van der Waals surface area contributed by atoms with Crippen LogP contribution in [0.3, 0.4) is 0 Å². The van der Waals surface area contributed by atoms with Crippen molar-refractivity contribution in [3.63, 3.8) is 0 Å². The first-order valence-corrected chi connectivity index (χ1v) is 8.65. The van der Waals surface area contributed by atoms with Crippen LogP contribution in [0.2, 0.25) is 0 Å². The molecule has 0 amide bonds. The van der Waals surface area contributed by atoms with Crippen molar-refractivity contribution in [1.29, 1.82) is 0 Å². The number of carboxylic acids is 1. The van der Waals surface area contributed by atoms with Gasteiger partial charge in [0.25, 0.3) is 0 Å². The van der Waals surface area contributed by atoms with Gasteiger partial charge in [0.15, 0.2) is 17.9 Å². The Kier molecular flexibility index (Phi) is 5.92.